The van der Waals surface area contributed by atoms with Crippen molar-refractivity contribution in [1.29, 1.82) is 0 Å². The number of aromatic nitrogens is 2. The number of nitrogens with zero attached hydrogens (tertiary/aromatic N) is 3. The topological polar surface area (TPSA) is 41.1 Å². The monoisotopic (exact) mass is 310 g/mol. The normalized spacial score (nSPS) is 18.3. The number of likely N-dealkylation sites (tertiary alicyclic amines) is 1. The average molecular weight is 310 g/mol. The zero-order chi connectivity index (χ0) is 16.4. The molecule has 1 aromatic heterocycles. The molecule has 1 aliphatic rings. The average Bonchev–Trinajstić information content (AvgIpc) is 2.90. The molecule has 0 radical (unpaired) electrons. The van der Waals surface area contributed by atoms with Crippen LogP contribution in [0.5, 0.6) is 0 Å². The van der Waals surface area contributed by atoms with Crippen molar-refractivity contribution in [2.24, 2.45) is 0 Å². The molecule has 1 aromatic carbocycles. The summed E-state index contributed by atoms with van der Waals surface area (Å²) in [6.07, 6.45) is 1.98. The van der Waals surface area contributed by atoms with Gasteiger partial charge in [-0.2, -0.15) is 0 Å². The Hall–Kier alpha value is -1.94. The molecule has 4 heteroatoms. The molecule has 0 spiro atoms. The number of likely N-dealkylation sites (N-methyl/N-ethyl adjacent to an activating group) is 1. The first-order valence-corrected chi connectivity index (χ1v) is 8.36. The van der Waals surface area contributed by atoms with Crippen LogP contribution in [0.2, 0.25) is 0 Å². The van der Waals surface area contributed by atoms with Crippen molar-refractivity contribution in [2.45, 2.75) is 39.7 Å². The molecule has 0 unspecified atom stereocenters. The standard InChI is InChI=1S/C19H26N4/c1-13-6-5-7-16(10-13)11-18-19(21-15(3)14(2)20-18)22-17-8-9-23(4)12-17/h5-7,10,17H,8-9,11-12H2,1-4H3,(H,21,22)/t17-/m1/s1. The molecule has 4 nitrogen and oxygen atoms in total. The second kappa shape index (κ2) is 6.67. The van der Waals surface area contributed by atoms with Crippen LogP contribution in [-0.4, -0.2) is 41.0 Å². The molecule has 1 saturated heterocycles. The van der Waals surface area contributed by atoms with E-state index in [1.807, 2.05) is 13.8 Å². The molecule has 2 aromatic rings. The Kier molecular flexibility index (Phi) is 4.62. The fourth-order valence-corrected chi connectivity index (χ4v) is 3.15. The Bertz CT molecular complexity index is 696. The quantitative estimate of drug-likeness (QED) is 0.942. The van der Waals surface area contributed by atoms with Crippen molar-refractivity contribution < 1.29 is 0 Å². The van der Waals surface area contributed by atoms with Crippen molar-refractivity contribution in [3.05, 3.63) is 52.5 Å². The van der Waals surface area contributed by atoms with Crippen LogP contribution in [-0.2, 0) is 6.42 Å². The van der Waals surface area contributed by atoms with Crippen LogP contribution in [0.1, 0.15) is 34.6 Å². The van der Waals surface area contributed by atoms with E-state index >= 15 is 0 Å². The highest BCUT2D eigenvalue weighted by Crippen LogP contribution is 2.21. The van der Waals surface area contributed by atoms with Gasteiger partial charge in [-0.05, 0) is 46.3 Å². The first-order valence-electron chi connectivity index (χ1n) is 8.36. The van der Waals surface area contributed by atoms with Crippen LogP contribution < -0.4 is 5.32 Å². The Balaban J connectivity index is 1.86. The van der Waals surface area contributed by atoms with Crippen LogP contribution in [0.3, 0.4) is 0 Å². The molecule has 1 atom stereocenters. The maximum Gasteiger partial charge on any atom is 0.148 e. The van der Waals surface area contributed by atoms with Gasteiger partial charge in [0.05, 0.1) is 17.1 Å². The Morgan fingerprint density at radius 3 is 2.65 bits per heavy atom. The van der Waals surface area contributed by atoms with E-state index in [2.05, 4.69) is 48.5 Å². The molecule has 3 rings (SSSR count). The zero-order valence-electron chi connectivity index (χ0n) is 14.6. The number of nitrogens with one attached hydrogen (secondary N) is 1. The summed E-state index contributed by atoms with van der Waals surface area (Å²) in [4.78, 5) is 12.0. The number of benzene rings is 1. The first kappa shape index (κ1) is 15.9. The summed E-state index contributed by atoms with van der Waals surface area (Å²) in [5.41, 5.74) is 5.64. The third-order valence-electron chi connectivity index (χ3n) is 4.57. The maximum absolute atomic E-state index is 4.82. The van der Waals surface area contributed by atoms with Gasteiger partial charge >= 0.3 is 0 Å². The van der Waals surface area contributed by atoms with Gasteiger partial charge < -0.3 is 10.2 Å². The number of aryl methyl sites for hydroxylation is 3. The molecular weight excluding hydrogens is 284 g/mol. The van der Waals surface area contributed by atoms with Gasteiger partial charge in [-0.15, -0.1) is 0 Å². The van der Waals surface area contributed by atoms with Gasteiger partial charge in [0.15, 0.2) is 0 Å². The minimum absolute atomic E-state index is 0.465. The van der Waals surface area contributed by atoms with E-state index in [4.69, 9.17) is 9.97 Å². The molecule has 0 amide bonds. The number of hydrogen-bond donors (Lipinski definition) is 1. The largest absolute Gasteiger partial charge is 0.364 e. The molecule has 23 heavy (non-hydrogen) atoms. The van der Waals surface area contributed by atoms with E-state index in [1.54, 1.807) is 0 Å². The van der Waals surface area contributed by atoms with Crippen molar-refractivity contribution in [2.75, 3.05) is 25.5 Å². The fraction of sp³-hybridized carbons (Fsp3) is 0.474. The van der Waals surface area contributed by atoms with Gasteiger partial charge in [0.1, 0.15) is 5.82 Å². The van der Waals surface area contributed by atoms with Crippen molar-refractivity contribution in [1.82, 2.24) is 14.9 Å². The lowest BCUT2D eigenvalue weighted by atomic mass is 10.1. The lowest BCUT2D eigenvalue weighted by Gasteiger charge is -2.17. The van der Waals surface area contributed by atoms with Crippen LogP contribution >= 0.6 is 0 Å². The van der Waals surface area contributed by atoms with Gasteiger partial charge in [0.25, 0.3) is 0 Å². The van der Waals surface area contributed by atoms with E-state index < -0.39 is 0 Å². The molecule has 122 valence electrons. The van der Waals surface area contributed by atoms with Crippen molar-refractivity contribution in [3.63, 3.8) is 0 Å². The molecule has 0 saturated carbocycles. The third-order valence-corrected chi connectivity index (χ3v) is 4.57. The zero-order valence-corrected chi connectivity index (χ0v) is 14.6. The summed E-state index contributed by atoms with van der Waals surface area (Å²) in [5, 5.41) is 3.63. The van der Waals surface area contributed by atoms with Crippen LogP contribution in [0.15, 0.2) is 24.3 Å². The van der Waals surface area contributed by atoms with Gasteiger partial charge in [-0.3, -0.25) is 4.98 Å². The highest BCUT2D eigenvalue weighted by Gasteiger charge is 2.21. The van der Waals surface area contributed by atoms with E-state index in [1.165, 1.54) is 11.1 Å². The van der Waals surface area contributed by atoms with Gasteiger partial charge in [0, 0.05) is 19.0 Å². The summed E-state index contributed by atoms with van der Waals surface area (Å²) < 4.78 is 0. The van der Waals surface area contributed by atoms with E-state index in [9.17, 15) is 0 Å². The molecular formula is C19H26N4. The van der Waals surface area contributed by atoms with Gasteiger partial charge in [0.2, 0.25) is 0 Å². The molecule has 0 aliphatic carbocycles. The minimum atomic E-state index is 0.465. The molecule has 1 aliphatic heterocycles. The van der Waals surface area contributed by atoms with E-state index in [-0.39, 0.29) is 0 Å². The second-order valence-electron chi connectivity index (χ2n) is 6.75. The molecule has 0 bridgehead atoms. The van der Waals surface area contributed by atoms with Crippen LogP contribution in [0, 0.1) is 20.8 Å². The van der Waals surface area contributed by atoms with Crippen LogP contribution in [0.4, 0.5) is 5.82 Å². The van der Waals surface area contributed by atoms with Gasteiger partial charge in [-0.1, -0.05) is 29.8 Å². The summed E-state index contributed by atoms with van der Waals surface area (Å²) >= 11 is 0. The molecule has 1 N–H and O–H groups in total. The third kappa shape index (κ3) is 3.88. The summed E-state index contributed by atoms with van der Waals surface area (Å²) in [6, 6.07) is 9.09. The predicted molar refractivity (Wildman–Crippen MR) is 95.0 cm³/mol. The molecule has 1 fully saturated rings. The maximum atomic E-state index is 4.82. The SMILES string of the molecule is Cc1cccc(Cc2nc(C)c(C)nc2N[C@@H]2CCN(C)C2)c1. The van der Waals surface area contributed by atoms with Gasteiger partial charge in [-0.25, -0.2) is 4.98 Å². The number of hydrogen-bond acceptors (Lipinski definition) is 4. The fourth-order valence-electron chi connectivity index (χ4n) is 3.15. The second-order valence-corrected chi connectivity index (χ2v) is 6.75. The lowest BCUT2D eigenvalue weighted by Crippen LogP contribution is -2.25. The summed E-state index contributed by atoms with van der Waals surface area (Å²) in [6.45, 7) is 8.41. The highest BCUT2D eigenvalue weighted by molar-refractivity contribution is 5.45. The van der Waals surface area contributed by atoms with Crippen molar-refractivity contribution in [3.8, 4) is 0 Å². The smallest absolute Gasteiger partial charge is 0.148 e. The lowest BCUT2D eigenvalue weighted by molar-refractivity contribution is 0.414. The highest BCUT2D eigenvalue weighted by atomic mass is 15.2. The predicted octanol–water partition coefficient (Wildman–Crippen LogP) is 3.11. The summed E-state index contributed by atoms with van der Waals surface area (Å²) in [7, 11) is 2.17. The Morgan fingerprint density at radius 1 is 1.17 bits per heavy atom. The Labute approximate surface area is 139 Å². The van der Waals surface area contributed by atoms with E-state index in [0.717, 1.165) is 48.8 Å². The number of anilines is 1. The number of rotatable bonds is 4. The summed E-state index contributed by atoms with van der Waals surface area (Å²) in [5.74, 6) is 0.954. The minimum Gasteiger partial charge on any atom is -0.364 e. The Morgan fingerprint density at radius 2 is 1.96 bits per heavy atom. The van der Waals surface area contributed by atoms with Crippen molar-refractivity contribution >= 4 is 5.82 Å². The van der Waals surface area contributed by atoms with Crippen LogP contribution in [0.25, 0.3) is 0 Å². The first-order chi connectivity index (χ1) is 11.0. The molecule has 2 heterocycles. The van der Waals surface area contributed by atoms with E-state index in [0.29, 0.717) is 6.04 Å².